The molecule has 0 amide bonds. The van der Waals surface area contributed by atoms with E-state index in [1.165, 1.54) is 6.42 Å². The first-order valence-electron chi connectivity index (χ1n) is 7.75. The van der Waals surface area contributed by atoms with E-state index in [0.29, 0.717) is 11.5 Å². The van der Waals surface area contributed by atoms with Gasteiger partial charge in [0.1, 0.15) is 0 Å². The van der Waals surface area contributed by atoms with Crippen LogP contribution in [0.1, 0.15) is 44.1 Å². The maximum absolute atomic E-state index is 10.8. The molecule has 1 aliphatic carbocycles. The summed E-state index contributed by atoms with van der Waals surface area (Å²) in [4.78, 5) is 10.4. The van der Waals surface area contributed by atoms with Crippen LogP contribution in [0.5, 0.6) is 0 Å². The van der Waals surface area contributed by atoms with Crippen molar-refractivity contribution in [2.75, 3.05) is 11.9 Å². The Bertz CT molecular complexity index is 490. The number of anilines is 1. The highest BCUT2D eigenvalue weighted by Crippen LogP contribution is 2.28. The first-order chi connectivity index (χ1) is 10.1. The monoisotopic (exact) mass is 292 g/mol. The van der Waals surface area contributed by atoms with Gasteiger partial charge in [-0.25, -0.2) is 0 Å². The van der Waals surface area contributed by atoms with E-state index in [9.17, 15) is 15.2 Å². The van der Waals surface area contributed by atoms with Crippen molar-refractivity contribution >= 4 is 11.4 Å². The number of nitrogens with one attached hydrogen (secondary N) is 1. The minimum Gasteiger partial charge on any atom is -0.393 e. The standard InChI is InChI=1S/C16H24N2O3/c1-12-11-14(8-9-15(12)18(20)21)17-10-4-6-13-5-2-3-7-16(13)19/h8-9,11,13,16-17,19H,2-7,10H2,1H3. The van der Waals surface area contributed by atoms with Crippen molar-refractivity contribution in [3.63, 3.8) is 0 Å². The molecule has 1 aromatic carbocycles. The molecule has 1 saturated carbocycles. The van der Waals surface area contributed by atoms with Gasteiger partial charge in [0.15, 0.2) is 0 Å². The number of hydrogen-bond acceptors (Lipinski definition) is 4. The van der Waals surface area contributed by atoms with Gasteiger partial charge in [0.05, 0.1) is 11.0 Å². The second-order valence-corrected chi connectivity index (χ2v) is 5.94. The molecule has 2 N–H and O–H groups in total. The summed E-state index contributed by atoms with van der Waals surface area (Å²) >= 11 is 0. The summed E-state index contributed by atoms with van der Waals surface area (Å²) in [5.74, 6) is 0.444. The minimum absolute atomic E-state index is 0.125. The zero-order valence-electron chi connectivity index (χ0n) is 12.5. The van der Waals surface area contributed by atoms with Gasteiger partial charge in [-0.1, -0.05) is 12.8 Å². The molecule has 116 valence electrons. The number of aliphatic hydroxyl groups excluding tert-OH is 1. The summed E-state index contributed by atoms with van der Waals surface area (Å²) in [5, 5.41) is 24.0. The lowest BCUT2D eigenvalue weighted by Gasteiger charge is -2.27. The molecule has 1 fully saturated rings. The number of aryl methyl sites for hydroxylation is 1. The summed E-state index contributed by atoms with van der Waals surface area (Å²) in [7, 11) is 0. The molecule has 5 heteroatoms. The van der Waals surface area contributed by atoms with Crippen LogP contribution in [-0.2, 0) is 0 Å². The summed E-state index contributed by atoms with van der Waals surface area (Å²) < 4.78 is 0. The fraction of sp³-hybridized carbons (Fsp3) is 0.625. The Balaban J connectivity index is 1.76. The third-order valence-electron chi connectivity index (χ3n) is 4.34. The highest BCUT2D eigenvalue weighted by Gasteiger charge is 2.22. The largest absolute Gasteiger partial charge is 0.393 e. The van der Waals surface area contributed by atoms with E-state index in [-0.39, 0.29) is 16.7 Å². The number of nitrogens with zero attached hydrogens (tertiary/aromatic N) is 1. The van der Waals surface area contributed by atoms with Crippen molar-refractivity contribution in [2.45, 2.75) is 51.6 Å². The van der Waals surface area contributed by atoms with Gasteiger partial charge in [-0.05, 0) is 50.7 Å². The fourth-order valence-electron chi connectivity index (χ4n) is 3.09. The van der Waals surface area contributed by atoms with Crippen LogP contribution < -0.4 is 5.32 Å². The predicted molar refractivity (Wildman–Crippen MR) is 83.5 cm³/mol. The molecule has 2 atom stereocenters. The maximum atomic E-state index is 10.8. The molecular formula is C16H24N2O3. The SMILES string of the molecule is Cc1cc(NCCCC2CCCCC2O)ccc1[N+](=O)[O-]. The zero-order chi connectivity index (χ0) is 15.2. The smallest absolute Gasteiger partial charge is 0.272 e. The van der Waals surface area contributed by atoms with Crippen molar-refractivity contribution in [3.05, 3.63) is 33.9 Å². The lowest BCUT2D eigenvalue weighted by Crippen LogP contribution is -2.24. The highest BCUT2D eigenvalue weighted by atomic mass is 16.6. The summed E-state index contributed by atoms with van der Waals surface area (Å²) in [5.41, 5.74) is 1.75. The van der Waals surface area contributed by atoms with E-state index in [0.717, 1.165) is 44.3 Å². The molecule has 2 rings (SSSR count). The zero-order valence-corrected chi connectivity index (χ0v) is 12.5. The van der Waals surface area contributed by atoms with Crippen LogP contribution in [0, 0.1) is 23.0 Å². The molecule has 21 heavy (non-hydrogen) atoms. The second kappa shape index (κ2) is 7.41. The van der Waals surface area contributed by atoms with E-state index in [1.54, 1.807) is 19.1 Å². The van der Waals surface area contributed by atoms with Gasteiger partial charge < -0.3 is 10.4 Å². The summed E-state index contributed by atoms with van der Waals surface area (Å²) in [6, 6.07) is 5.11. The van der Waals surface area contributed by atoms with Crippen LogP contribution in [0.4, 0.5) is 11.4 Å². The Morgan fingerprint density at radius 1 is 1.38 bits per heavy atom. The maximum Gasteiger partial charge on any atom is 0.272 e. The van der Waals surface area contributed by atoms with Gasteiger partial charge >= 0.3 is 0 Å². The Labute approximate surface area is 125 Å². The number of rotatable bonds is 6. The molecule has 0 radical (unpaired) electrons. The lowest BCUT2D eigenvalue weighted by atomic mass is 9.83. The van der Waals surface area contributed by atoms with Crippen LogP contribution >= 0.6 is 0 Å². The Morgan fingerprint density at radius 2 is 2.14 bits per heavy atom. The molecule has 2 unspecified atom stereocenters. The Kier molecular flexibility index (Phi) is 5.56. The van der Waals surface area contributed by atoms with Gasteiger partial charge in [-0.15, -0.1) is 0 Å². The third kappa shape index (κ3) is 4.43. The van der Waals surface area contributed by atoms with Gasteiger partial charge in [0, 0.05) is 23.9 Å². The number of nitro benzene ring substituents is 1. The number of aliphatic hydroxyl groups is 1. The van der Waals surface area contributed by atoms with Crippen molar-refractivity contribution in [1.82, 2.24) is 0 Å². The average molecular weight is 292 g/mol. The average Bonchev–Trinajstić information content (AvgIpc) is 2.45. The normalized spacial score (nSPS) is 22.0. The molecule has 0 aromatic heterocycles. The topological polar surface area (TPSA) is 75.4 Å². The minimum atomic E-state index is -0.358. The van der Waals surface area contributed by atoms with Crippen LogP contribution in [-0.4, -0.2) is 22.7 Å². The van der Waals surface area contributed by atoms with Crippen LogP contribution in [0.15, 0.2) is 18.2 Å². The number of hydrogen-bond donors (Lipinski definition) is 2. The van der Waals surface area contributed by atoms with Crippen molar-refractivity contribution in [3.8, 4) is 0 Å². The lowest BCUT2D eigenvalue weighted by molar-refractivity contribution is -0.385. The van der Waals surface area contributed by atoms with E-state index in [1.807, 2.05) is 6.07 Å². The Morgan fingerprint density at radius 3 is 2.81 bits per heavy atom. The molecule has 0 aliphatic heterocycles. The van der Waals surface area contributed by atoms with E-state index in [2.05, 4.69) is 5.32 Å². The first kappa shape index (κ1) is 15.8. The third-order valence-corrected chi connectivity index (χ3v) is 4.34. The van der Waals surface area contributed by atoms with Crippen LogP contribution in [0.25, 0.3) is 0 Å². The Hall–Kier alpha value is -1.62. The molecule has 1 aromatic rings. The molecule has 0 spiro atoms. The second-order valence-electron chi connectivity index (χ2n) is 5.94. The molecule has 5 nitrogen and oxygen atoms in total. The van der Waals surface area contributed by atoms with E-state index in [4.69, 9.17) is 0 Å². The van der Waals surface area contributed by atoms with Gasteiger partial charge in [0.2, 0.25) is 0 Å². The first-order valence-corrected chi connectivity index (χ1v) is 7.75. The van der Waals surface area contributed by atoms with Gasteiger partial charge in [-0.2, -0.15) is 0 Å². The van der Waals surface area contributed by atoms with Gasteiger partial charge in [0.25, 0.3) is 5.69 Å². The molecule has 0 heterocycles. The summed E-state index contributed by atoms with van der Waals surface area (Å²) in [6.07, 6.45) is 6.39. The molecule has 1 aliphatic rings. The number of nitro groups is 1. The van der Waals surface area contributed by atoms with Crippen LogP contribution in [0.2, 0.25) is 0 Å². The van der Waals surface area contributed by atoms with Crippen LogP contribution in [0.3, 0.4) is 0 Å². The molecular weight excluding hydrogens is 268 g/mol. The van der Waals surface area contributed by atoms with Crippen molar-refractivity contribution < 1.29 is 10.0 Å². The molecule has 0 saturated heterocycles. The quantitative estimate of drug-likeness (QED) is 0.477. The molecule has 0 bridgehead atoms. The summed E-state index contributed by atoms with van der Waals surface area (Å²) in [6.45, 7) is 2.59. The fourth-order valence-corrected chi connectivity index (χ4v) is 3.09. The predicted octanol–water partition coefficient (Wildman–Crippen LogP) is 3.65. The van der Waals surface area contributed by atoms with Crippen molar-refractivity contribution in [1.29, 1.82) is 0 Å². The van der Waals surface area contributed by atoms with E-state index < -0.39 is 0 Å². The van der Waals surface area contributed by atoms with Crippen molar-refractivity contribution in [2.24, 2.45) is 5.92 Å². The van der Waals surface area contributed by atoms with E-state index >= 15 is 0 Å². The van der Waals surface area contributed by atoms with Gasteiger partial charge in [-0.3, -0.25) is 10.1 Å². The highest BCUT2D eigenvalue weighted by molar-refractivity contribution is 5.53. The number of benzene rings is 1.